The van der Waals surface area contributed by atoms with Gasteiger partial charge in [0, 0.05) is 39.0 Å². The lowest BCUT2D eigenvalue weighted by Gasteiger charge is -2.39. The van der Waals surface area contributed by atoms with Crippen molar-refractivity contribution in [1.29, 1.82) is 0 Å². The predicted molar refractivity (Wildman–Crippen MR) is 126 cm³/mol. The van der Waals surface area contributed by atoms with Crippen LogP contribution >= 0.6 is 0 Å². The summed E-state index contributed by atoms with van der Waals surface area (Å²) in [5.41, 5.74) is 1.73. The highest BCUT2D eigenvalue weighted by molar-refractivity contribution is 6.39. The second kappa shape index (κ2) is 9.57. The fourth-order valence-electron chi connectivity index (χ4n) is 4.30. The standard InChI is InChI=1S/C26H30N4O3/c1-26(2,21-11-7-4-8-12-21)25(33)29-17-15-28(16-18-29)24(32)22-13-14-23(31)30(27-22)19-20-9-5-3-6-10-20/h3-12H,13-19H2,1-2H3. The number of hydrogen-bond donors (Lipinski definition) is 0. The summed E-state index contributed by atoms with van der Waals surface area (Å²) in [5.74, 6) is -0.153. The van der Waals surface area contributed by atoms with Crippen LogP contribution in [0.5, 0.6) is 0 Å². The first-order valence-electron chi connectivity index (χ1n) is 11.4. The Balaban J connectivity index is 1.38. The van der Waals surface area contributed by atoms with Crippen LogP contribution in [0.25, 0.3) is 0 Å². The van der Waals surface area contributed by atoms with E-state index in [1.807, 2.05) is 79.4 Å². The molecule has 7 heteroatoms. The molecule has 2 aromatic rings. The van der Waals surface area contributed by atoms with Crippen molar-refractivity contribution in [2.75, 3.05) is 26.2 Å². The summed E-state index contributed by atoms with van der Waals surface area (Å²) in [6.45, 7) is 6.13. The smallest absolute Gasteiger partial charge is 0.270 e. The molecule has 1 saturated heterocycles. The number of hydrazone groups is 1. The third-order valence-corrected chi connectivity index (χ3v) is 6.41. The first-order valence-corrected chi connectivity index (χ1v) is 11.4. The van der Waals surface area contributed by atoms with E-state index in [1.165, 1.54) is 5.01 Å². The molecule has 33 heavy (non-hydrogen) atoms. The van der Waals surface area contributed by atoms with Gasteiger partial charge in [-0.15, -0.1) is 0 Å². The van der Waals surface area contributed by atoms with Crippen LogP contribution in [0.4, 0.5) is 0 Å². The van der Waals surface area contributed by atoms with Crippen LogP contribution in [0, 0.1) is 0 Å². The molecule has 0 saturated carbocycles. The Hall–Kier alpha value is -3.48. The van der Waals surface area contributed by atoms with E-state index in [2.05, 4.69) is 5.10 Å². The van der Waals surface area contributed by atoms with Crippen molar-refractivity contribution in [3.05, 3.63) is 71.8 Å². The summed E-state index contributed by atoms with van der Waals surface area (Å²) < 4.78 is 0. The van der Waals surface area contributed by atoms with Crippen LogP contribution < -0.4 is 0 Å². The second-order valence-corrected chi connectivity index (χ2v) is 9.06. The molecule has 0 bridgehead atoms. The highest BCUT2D eigenvalue weighted by atomic mass is 16.2. The van der Waals surface area contributed by atoms with Crippen molar-refractivity contribution in [3.8, 4) is 0 Å². The van der Waals surface area contributed by atoms with Crippen molar-refractivity contribution in [2.45, 2.75) is 38.6 Å². The topological polar surface area (TPSA) is 73.3 Å². The van der Waals surface area contributed by atoms with E-state index in [9.17, 15) is 14.4 Å². The maximum atomic E-state index is 13.2. The average molecular weight is 447 g/mol. The van der Waals surface area contributed by atoms with E-state index >= 15 is 0 Å². The molecular weight excluding hydrogens is 416 g/mol. The number of carbonyl (C=O) groups excluding carboxylic acids is 3. The molecule has 2 aromatic carbocycles. The molecule has 0 spiro atoms. The van der Waals surface area contributed by atoms with Gasteiger partial charge >= 0.3 is 0 Å². The molecular formula is C26H30N4O3. The Bertz CT molecular complexity index is 1040. The quantitative estimate of drug-likeness (QED) is 0.709. The minimum atomic E-state index is -0.626. The summed E-state index contributed by atoms with van der Waals surface area (Å²) in [6, 6.07) is 19.4. The Morgan fingerprint density at radius 1 is 0.848 bits per heavy atom. The van der Waals surface area contributed by atoms with Crippen LogP contribution in [0.15, 0.2) is 65.8 Å². The zero-order chi connectivity index (χ0) is 23.4. The maximum absolute atomic E-state index is 13.2. The van der Waals surface area contributed by atoms with E-state index < -0.39 is 5.41 Å². The van der Waals surface area contributed by atoms with Crippen molar-refractivity contribution >= 4 is 23.4 Å². The number of benzene rings is 2. The number of carbonyl (C=O) groups is 3. The number of amides is 3. The molecule has 7 nitrogen and oxygen atoms in total. The van der Waals surface area contributed by atoms with Gasteiger partial charge in [0.25, 0.3) is 5.91 Å². The van der Waals surface area contributed by atoms with Crippen LogP contribution in [0.3, 0.4) is 0 Å². The number of hydrogen-bond acceptors (Lipinski definition) is 4. The summed E-state index contributed by atoms with van der Waals surface area (Å²) in [4.78, 5) is 42.2. The maximum Gasteiger partial charge on any atom is 0.270 e. The molecule has 0 N–H and O–H groups in total. The molecule has 0 unspecified atom stereocenters. The molecule has 0 aliphatic carbocycles. The first kappa shape index (κ1) is 22.7. The lowest BCUT2D eigenvalue weighted by atomic mass is 9.83. The second-order valence-electron chi connectivity index (χ2n) is 9.06. The Kier molecular flexibility index (Phi) is 6.58. The van der Waals surface area contributed by atoms with E-state index in [0.717, 1.165) is 11.1 Å². The SMILES string of the molecule is CC(C)(C(=O)N1CCN(C(=O)C2=NN(Cc3ccccc3)C(=O)CC2)CC1)c1ccccc1. The summed E-state index contributed by atoms with van der Waals surface area (Å²) in [5, 5.41) is 5.79. The highest BCUT2D eigenvalue weighted by Crippen LogP contribution is 2.26. The summed E-state index contributed by atoms with van der Waals surface area (Å²) in [7, 11) is 0. The van der Waals surface area contributed by atoms with Gasteiger partial charge in [0.05, 0.1) is 12.0 Å². The Labute approximate surface area is 194 Å². The van der Waals surface area contributed by atoms with Gasteiger partial charge < -0.3 is 9.80 Å². The van der Waals surface area contributed by atoms with Gasteiger partial charge in [-0.3, -0.25) is 14.4 Å². The zero-order valence-corrected chi connectivity index (χ0v) is 19.2. The van der Waals surface area contributed by atoms with Gasteiger partial charge in [-0.05, 0) is 25.0 Å². The third-order valence-electron chi connectivity index (χ3n) is 6.41. The molecule has 0 atom stereocenters. The normalized spacial score (nSPS) is 17.1. The molecule has 3 amide bonds. The summed E-state index contributed by atoms with van der Waals surface area (Å²) in [6.07, 6.45) is 0.629. The van der Waals surface area contributed by atoms with Crippen molar-refractivity contribution in [2.24, 2.45) is 5.10 Å². The molecule has 0 aromatic heterocycles. The van der Waals surface area contributed by atoms with Gasteiger partial charge in [-0.2, -0.15) is 5.10 Å². The lowest BCUT2D eigenvalue weighted by Crippen LogP contribution is -2.55. The Morgan fingerprint density at radius 3 is 2.06 bits per heavy atom. The van der Waals surface area contributed by atoms with Crippen LogP contribution in [0.1, 0.15) is 37.8 Å². The van der Waals surface area contributed by atoms with E-state index in [1.54, 1.807) is 4.90 Å². The fraction of sp³-hybridized carbons (Fsp3) is 0.385. The lowest BCUT2D eigenvalue weighted by molar-refractivity contribution is -0.141. The zero-order valence-electron chi connectivity index (χ0n) is 19.2. The minimum Gasteiger partial charge on any atom is -0.338 e. The van der Waals surface area contributed by atoms with Crippen LogP contribution in [-0.4, -0.2) is 64.4 Å². The monoisotopic (exact) mass is 446 g/mol. The third kappa shape index (κ3) is 4.97. The number of rotatable bonds is 5. The molecule has 1 fully saturated rings. The first-order chi connectivity index (χ1) is 15.9. The van der Waals surface area contributed by atoms with Gasteiger partial charge in [0.2, 0.25) is 11.8 Å². The summed E-state index contributed by atoms with van der Waals surface area (Å²) >= 11 is 0. The minimum absolute atomic E-state index is 0.0652. The molecule has 0 radical (unpaired) electrons. The van der Waals surface area contributed by atoms with E-state index in [-0.39, 0.29) is 24.1 Å². The molecule has 4 rings (SSSR count). The number of piperazine rings is 1. The van der Waals surface area contributed by atoms with Gasteiger partial charge in [-0.1, -0.05) is 60.7 Å². The average Bonchev–Trinajstić information content (AvgIpc) is 2.86. The van der Waals surface area contributed by atoms with Crippen molar-refractivity contribution in [1.82, 2.24) is 14.8 Å². The van der Waals surface area contributed by atoms with Gasteiger partial charge in [-0.25, -0.2) is 5.01 Å². The van der Waals surface area contributed by atoms with Crippen molar-refractivity contribution < 1.29 is 14.4 Å². The predicted octanol–water partition coefficient (Wildman–Crippen LogP) is 2.81. The van der Waals surface area contributed by atoms with E-state index in [4.69, 9.17) is 0 Å². The van der Waals surface area contributed by atoms with Gasteiger partial charge in [0.15, 0.2) is 0 Å². The largest absolute Gasteiger partial charge is 0.338 e. The molecule has 172 valence electrons. The molecule has 2 aliphatic heterocycles. The van der Waals surface area contributed by atoms with Crippen LogP contribution in [0.2, 0.25) is 0 Å². The van der Waals surface area contributed by atoms with Gasteiger partial charge in [0.1, 0.15) is 5.71 Å². The van der Waals surface area contributed by atoms with Crippen LogP contribution in [-0.2, 0) is 26.3 Å². The fourth-order valence-corrected chi connectivity index (χ4v) is 4.30. The highest BCUT2D eigenvalue weighted by Gasteiger charge is 2.36. The van der Waals surface area contributed by atoms with Crippen molar-refractivity contribution in [3.63, 3.8) is 0 Å². The van der Waals surface area contributed by atoms with E-state index in [0.29, 0.717) is 44.9 Å². The molecule has 2 heterocycles. The molecule has 2 aliphatic rings. The Morgan fingerprint density at radius 2 is 1.42 bits per heavy atom. The number of nitrogens with zero attached hydrogens (tertiary/aromatic N) is 4.